The van der Waals surface area contributed by atoms with Gasteiger partial charge in [-0.1, -0.05) is 54.6 Å². The van der Waals surface area contributed by atoms with Gasteiger partial charge in [0.2, 0.25) is 0 Å². The third-order valence-electron chi connectivity index (χ3n) is 4.63. The highest BCUT2D eigenvalue weighted by Crippen LogP contribution is 2.48. The standard InChI is InChI=1S/C21H14IN3O/c22-21-24-19(13-7-2-1-3-8-13)23-20(25-21)16-11-6-10-15-14-9-4-5-12-17(14)26-18(15)16/h1-8,10-12,14H,9H2. The van der Waals surface area contributed by atoms with Crippen molar-refractivity contribution in [3.8, 4) is 28.5 Å². The molecule has 1 aromatic heterocycles. The minimum Gasteiger partial charge on any atom is -0.460 e. The molecule has 1 unspecified atom stereocenters. The van der Waals surface area contributed by atoms with Gasteiger partial charge in [-0.2, -0.15) is 0 Å². The summed E-state index contributed by atoms with van der Waals surface area (Å²) in [5.41, 5.74) is 3.09. The molecule has 1 atom stereocenters. The predicted octanol–water partition coefficient (Wildman–Crippen LogP) is 5.13. The van der Waals surface area contributed by atoms with E-state index in [1.807, 2.05) is 42.5 Å². The van der Waals surface area contributed by atoms with Crippen LogP contribution in [0.1, 0.15) is 17.9 Å². The number of fused-ring (bicyclic) bond motifs is 3. The predicted molar refractivity (Wildman–Crippen MR) is 109 cm³/mol. The van der Waals surface area contributed by atoms with Crippen LogP contribution in [0.15, 0.2) is 72.5 Å². The van der Waals surface area contributed by atoms with E-state index in [4.69, 9.17) is 9.72 Å². The third kappa shape index (κ3) is 2.63. The van der Waals surface area contributed by atoms with Gasteiger partial charge in [0, 0.05) is 39.6 Å². The van der Waals surface area contributed by atoms with Crippen molar-refractivity contribution in [3.63, 3.8) is 0 Å². The normalized spacial score (nSPS) is 17.3. The average Bonchev–Trinajstić information content (AvgIpc) is 3.07. The summed E-state index contributed by atoms with van der Waals surface area (Å²) in [6.45, 7) is 0. The van der Waals surface area contributed by atoms with Crippen LogP contribution in [-0.2, 0) is 0 Å². The number of hydrogen-bond acceptors (Lipinski definition) is 4. The van der Waals surface area contributed by atoms with Gasteiger partial charge in [0.05, 0.1) is 5.56 Å². The lowest BCUT2D eigenvalue weighted by atomic mass is 9.91. The lowest BCUT2D eigenvalue weighted by molar-refractivity contribution is 0.426. The molecule has 3 aromatic rings. The molecule has 0 saturated carbocycles. The van der Waals surface area contributed by atoms with Gasteiger partial charge in [-0.3, -0.25) is 0 Å². The van der Waals surface area contributed by atoms with E-state index in [9.17, 15) is 0 Å². The van der Waals surface area contributed by atoms with Gasteiger partial charge in [-0.15, -0.1) is 0 Å². The van der Waals surface area contributed by atoms with Crippen LogP contribution >= 0.6 is 22.6 Å². The lowest BCUT2D eigenvalue weighted by Gasteiger charge is -2.10. The van der Waals surface area contributed by atoms with Crippen molar-refractivity contribution in [2.45, 2.75) is 12.3 Å². The first-order valence-electron chi connectivity index (χ1n) is 8.44. The summed E-state index contributed by atoms with van der Waals surface area (Å²) in [7, 11) is 0. The number of benzene rings is 2. The van der Waals surface area contributed by atoms with Crippen molar-refractivity contribution in [2.24, 2.45) is 0 Å². The molecular formula is C21H14IN3O. The summed E-state index contributed by atoms with van der Waals surface area (Å²) in [4.78, 5) is 13.8. The second-order valence-corrected chi connectivity index (χ2v) is 7.19. The Morgan fingerprint density at radius 3 is 2.65 bits per heavy atom. The summed E-state index contributed by atoms with van der Waals surface area (Å²) in [5.74, 6) is 3.49. The molecule has 5 heteroatoms. The number of ether oxygens (including phenoxy) is 1. The summed E-state index contributed by atoms with van der Waals surface area (Å²) in [6.07, 6.45) is 7.24. The summed E-state index contributed by atoms with van der Waals surface area (Å²) in [6, 6.07) is 16.2. The molecule has 0 amide bonds. The van der Waals surface area contributed by atoms with E-state index >= 15 is 0 Å². The Labute approximate surface area is 164 Å². The van der Waals surface area contributed by atoms with E-state index in [2.05, 4.69) is 56.8 Å². The van der Waals surface area contributed by atoms with Gasteiger partial charge >= 0.3 is 0 Å². The molecule has 0 bridgehead atoms. The van der Waals surface area contributed by atoms with Crippen LogP contribution in [0.25, 0.3) is 22.8 Å². The van der Waals surface area contributed by atoms with Crippen LogP contribution in [0.5, 0.6) is 5.75 Å². The van der Waals surface area contributed by atoms with Gasteiger partial charge in [0.15, 0.2) is 15.5 Å². The highest BCUT2D eigenvalue weighted by atomic mass is 127. The number of allylic oxidation sites excluding steroid dienone is 4. The largest absolute Gasteiger partial charge is 0.460 e. The number of rotatable bonds is 2. The molecule has 4 nitrogen and oxygen atoms in total. The smallest absolute Gasteiger partial charge is 0.194 e. The number of para-hydroxylation sites is 1. The van der Waals surface area contributed by atoms with Crippen molar-refractivity contribution in [2.75, 3.05) is 0 Å². The first-order chi connectivity index (χ1) is 12.8. The molecule has 26 heavy (non-hydrogen) atoms. The van der Waals surface area contributed by atoms with E-state index in [1.54, 1.807) is 0 Å². The van der Waals surface area contributed by atoms with Gasteiger partial charge in [-0.25, -0.2) is 15.0 Å². The molecule has 0 radical (unpaired) electrons. The maximum atomic E-state index is 6.19. The summed E-state index contributed by atoms with van der Waals surface area (Å²) >= 11 is 2.14. The summed E-state index contributed by atoms with van der Waals surface area (Å²) in [5, 5.41) is 0. The molecule has 126 valence electrons. The van der Waals surface area contributed by atoms with E-state index < -0.39 is 0 Å². The van der Waals surface area contributed by atoms with Crippen LogP contribution in [0.2, 0.25) is 0 Å². The zero-order valence-electron chi connectivity index (χ0n) is 13.8. The monoisotopic (exact) mass is 451 g/mol. The highest BCUT2D eigenvalue weighted by molar-refractivity contribution is 14.1. The van der Waals surface area contributed by atoms with Crippen molar-refractivity contribution in [1.82, 2.24) is 15.0 Å². The lowest BCUT2D eigenvalue weighted by Crippen LogP contribution is -2.00. The third-order valence-corrected chi connectivity index (χ3v) is 5.12. The van der Waals surface area contributed by atoms with E-state index in [-0.39, 0.29) is 0 Å². The fourth-order valence-electron chi connectivity index (χ4n) is 3.42. The SMILES string of the molecule is Ic1nc(-c2ccccc2)nc(-c2cccc3c2OC2=CC=CCC23)n1. The van der Waals surface area contributed by atoms with Crippen LogP contribution in [0, 0.1) is 3.83 Å². The molecular weight excluding hydrogens is 437 g/mol. The van der Waals surface area contributed by atoms with Gasteiger partial charge in [-0.05, 0) is 18.6 Å². The summed E-state index contributed by atoms with van der Waals surface area (Å²) < 4.78 is 6.86. The number of halogens is 1. The maximum absolute atomic E-state index is 6.19. The zero-order valence-corrected chi connectivity index (χ0v) is 15.9. The topological polar surface area (TPSA) is 47.9 Å². The van der Waals surface area contributed by atoms with Crippen LogP contribution in [-0.4, -0.2) is 15.0 Å². The van der Waals surface area contributed by atoms with Crippen LogP contribution in [0.4, 0.5) is 0 Å². The molecule has 0 saturated heterocycles. The quantitative estimate of drug-likeness (QED) is 0.507. The maximum Gasteiger partial charge on any atom is 0.194 e. The molecule has 0 spiro atoms. The highest BCUT2D eigenvalue weighted by Gasteiger charge is 2.32. The van der Waals surface area contributed by atoms with E-state index in [0.717, 1.165) is 29.1 Å². The van der Waals surface area contributed by atoms with E-state index in [1.165, 1.54) is 5.56 Å². The molecule has 2 aliphatic rings. The molecule has 2 heterocycles. The average molecular weight is 451 g/mol. The van der Waals surface area contributed by atoms with Crippen molar-refractivity contribution < 1.29 is 4.74 Å². The Balaban J connectivity index is 1.65. The first-order valence-corrected chi connectivity index (χ1v) is 9.52. The fraction of sp³-hybridized carbons (Fsp3) is 0.0952. The van der Waals surface area contributed by atoms with E-state index in [0.29, 0.717) is 21.4 Å². The molecule has 0 fully saturated rings. The van der Waals surface area contributed by atoms with Crippen LogP contribution in [0.3, 0.4) is 0 Å². The molecule has 5 rings (SSSR count). The Kier molecular flexibility index (Phi) is 3.81. The molecule has 1 aliphatic carbocycles. The Morgan fingerprint density at radius 2 is 1.77 bits per heavy atom. The fourth-order valence-corrected chi connectivity index (χ4v) is 3.88. The Bertz CT molecular complexity index is 1060. The minimum absolute atomic E-state index is 0.296. The van der Waals surface area contributed by atoms with Crippen molar-refractivity contribution >= 4 is 22.6 Å². The van der Waals surface area contributed by atoms with Crippen molar-refractivity contribution in [3.05, 3.63) is 81.9 Å². The Hall–Kier alpha value is -2.54. The second kappa shape index (κ2) is 6.32. The molecule has 0 N–H and O–H groups in total. The zero-order chi connectivity index (χ0) is 17.5. The van der Waals surface area contributed by atoms with Crippen LogP contribution < -0.4 is 4.74 Å². The number of aromatic nitrogens is 3. The minimum atomic E-state index is 0.296. The van der Waals surface area contributed by atoms with Gasteiger partial charge in [0.1, 0.15) is 11.5 Å². The number of nitrogens with zero attached hydrogens (tertiary/aromatic N) is 3. The van der Waals surface area contributed by atoms with Crippen molar-refractivity contribution in [1.29, 1.82) is 0 Å². The van der Waals surface area contributed by atoms with Gasteiger partial charge < -0.3 is 4.74 Å². The molecule has 2 aromatic carbocycles. The second-order valence-electron chi connectivity index (χ2n) is 6.23. The number of hydrogen-bond donors (Lipinski definition) is 0. The van der Waals surface area contributed by atoms with Gasteiger partial charge in [0.25, 0.3) is 0 Å². The first kappa shape index (κ1) is 15.7. The molecule has 1 aliphatic heterocycles. The Morgan fingerprint density at radius 1 is 0.923 bits per heavy atom.